The van der Waals surface area contributed by atoms with Crippen molar-refractivity contribution in [3.05, 3.63) is 16.1 Å². The minimum absolute atomic E-state index is 0.0285. The Hall–Kier alpha value is -1.47. The van der Waals surface area contributed by atoms with Crippen LogP contribution in [0, 0.1) is 11.3 Å². The van der Waals surface area contributed by atoms with Gasteiger partial charge in [0, 0.05) is 36.4 Å². The molecule has 0 radical (unpaired) electrons. The first-order valence-electron chi connectivity index (χ1n) is 8.26. The number of aromatic nitrogens is 1. The van der Waals surface area contributed by atoms with Crippen molar-refractivity contribution in [3.63, 3.8) is 0 Å². The Balaban J connectivity index is 1.70. The van der Waals surface area contributed by atoms with Gasteiger partial charge in [0.05, 0.1) is 29.1 Å². The van der Waals surface area contributed by atoms with Crippen LogP contribution in [0.2, 0.25) is 0 Å². The Morgan fingerprint density at radius 2 is 2.25 bits per heavy atom. The molecule has 24 heavy (non-hydrogen) atoms. The number of ether oxygens (including phenoxy) is 1. The number of carboxylic acid groups (broad SMARTS) is 1. The summed E-state index contributed by atoms with van der Waals surface area (Å²) in [5.41, 5.74) is -0.100. The lowest BCUT2D eigenvalue weighted by Gasteiger charge is -2.33. The normalized spacial score (nSPS) is 27.1. The van der Waals surface area contributed by atoms with E-state index in [-0.39, 0.29) is 30.2 Å². The molecule has 1 N–H and O–H groups in total. The first-order valence-corrected chi connectivity index (χ1v) is 9.14. The van der Waals surface area contributed by atoms with Gasteiger partial charge in [-0.15, -0.1) is 11.3 Å². The molecule has 0 aliphatic carbocycles. The van der Waals surface area contributed by atoms with E-state index in [1.807, 2.05) is 5.38 Å². The Labute approximate surface area is 145 Å². The molecule has 0 unspecified atom stereocenters. The van der Waals surface area contributed by atoms with Gasteiger partial charge in [0.1, 0.15) is 0 Å². The summed E-state index contributed by atoms with van der Waals surface area (Å²) < 4.78 is 5.43. The summed E-state index contributed by atoms with van der Waals surface area (Å²) >= 11 is 1.57. The Morgan fingerprint density at radius 1 is 1.50 bits per heavy atom. The fourth-order valence-corrected chi connectivity index (χ4v) is 4.40. The van der Waals surface area contributed by atoms with Crippen molar-refractivity contribution < 1.29 is 19.4 Å². The predicted octanol–water partition coefficient (Wildman–Crippen LogP) is 1.93. The van der Waals surface area contributed by atoms with Gasteiger partial charge in [0.25, 0.3) is 0 Å². The SMILES string of the molecule is CC(C)(C)c1nc(CC(=O)N2C[C@H]3COCC[C@@]3(C(=O)O)C2)cs1. The van der Waals surface area contributed by atoms with Gasteiger partial charge in [-0.05, 0) is 6.42 Å². The molecule has 1 aromatic heterocycles. The van der Waals surface area contributed by atoms with E-state index in [4.69, 9.17) is 4.74 Å². The quantitative estimate of drug-likeness (QED) is 0.899. The van der Waals surface area contributed by atoms with Crippen molar-refractivity contribution in [1.82, 2.24) is 9.88 Å². The highest BCUT2D eigenvalue weighted by atomic mass is 32.1. The highest BCUT2D eigenvalue weighted by Gasteiger charge is 2.54. The number of carbonyl (C=O) groups excluding carboxylic acids is 1. The van der Waals surface area contributed by atoms with E-state index in [1.165, 1.54) is 0 Å². The van der Waals surface area contributed by atoms with Crippen LogP contribution in [0.5, 0.6) is 0 Å². The maximum atomic E-state index is 12.6. The Bertz CT molecular complexity index is 651. The zero-order valence-electron chi connectivity index (χ0n) is 14.4. The maximum absolute atomic E-state index is 12.6. The first-order chi connectivity index (χ1) is 11.2. The molecule has 1 amide bonds. The molecule has 132 valence electrons. The van der Waals surface area contributed by atoms with Crippen molar-refractivity contribution in [2.45, 2.75) is 39.0 Å². The third kappa shape index (κ3) is 3.07. The summed E-state index contributed by atoms with van der Waals surface area (Å²) in [5, 5.41) is 12.6. The van der Waals surface area contributed by atoms with Gasteiger partial charge >= 0.3 is 5.97 Å². The molecule has 2 aliphatic rings. The highest BCUT2D eigenvalue weighted by molar-refractivity contribution is 7.09. The second-order valence-electron chi connectivity index (χ2n) is 7.83. The second kappa shape index (κ2) is 6.11. The van der Waals surface area contributed by atoms with E-state index < -0.39 is 11.4 Å². The number of amides is 1. The van der Waals surface area contributed by atoms with Crippen LogP contribution in [0.25, 0.3) is 0 Å². The van der Waals surface area contributed by atoms with Crippen molar-refractivity contribution >= 4 is 23.2 Å². The number of hydrogen-bond donors (Lipinski definition) is 1. The van der Waals surface area contributed by atoms with Gasteiger partial charge in [-0.1, -0.05) is 20.8 Å². The predicted molar refractivity (Wildman–Crippen MR) is 90.1 cm³/mol. The van der Waals surface area contributed by atoms with Gasteiger partial charge in [-0.25, -0.2) is 4.98 Å². The zero-order valence-corrected chi connectivity index (χ0v) is 15.2. The van der Waals surface area contributed by atoms with E-state index in [1.54, 1.807) is 16.2 Å². The Kier molecular flexibility index (Phi) is 4.42. The highest BCUT2D eigenvalue weighted by Crippen LogP contribution is 2.42. The summed E-state index contributed by atoms with van der Waals surface area (Å²) in [7, 11) is 0. The monoisotopic (exact) mass is 352 g/mol. The molecule has 0 aromatic carbocycles. The number of nitrogens with zero attached hydrogens (tertiary/aromatic N) is 2. The molecular formula is C17H24N2O4S. The molecule has 1 aromatic rings. The molecule has 7 heteroatoms. The number of carbonyl (C=O) groups is 2. The molecule has 0 bridgehead atoms. The number of likely N-dealkylation sites (tertiary alicyclic amines) is 1. The molecule has 2 atom stereocenters. The summed E-state index contributed by atoms with van der Waals surface area (Å²) in [6, 6.07) is 0. The van der Waals surface area contributed by atoms with Crippen LogP contribution in [0.4, 0.5) is 0 Å². The molecule has 2 aliphatic heterocycles. The lowest BCUT2D eigenvalue weighted by Crippen LogP contribution is -2.45. The van der Waals surface area contributed by atoms with E-state index in [0.29, 0.717) is 26.2 Å². The van der Waals surface area contributed by atoms with Gasteiger partial charge < -0.3 is 14.7 Å². The maximum Gasteiger partial charge on any atom is 0.311 e. The average molecular weight is 352 g/mol. The molecule has 0 saturated carbocycles. The van der Waals surface area contributed by atoms with E-state index >= 15 is 0 Å². The third-order valence-electron chi connectivity index (χ3n) is 5.01. The van der Waals surface area contributed by atoms with Crippen molar-refractivity contribution in [1.29, 1.82) is 0 Å². The minimum atomic E-state index is -0.841. The van der Waals surface area contributed by atoms with E-state index in [0.717, 1.165) is 10.7 Å². The third-order valence-corrected chi connectivity index (χ3v) is 6.33. The first kappa shape index (κ1) is 17.4. The van der Waals surface area contributed by atoms with Gasteiger partial charge in [0.2, 0.25) is 5.91 Å². The van der Waals surface area contributed by atoms with E-state index in [2.05, 4.69) is 25.8 Å². The number of rotatable bonds is 3. The van der Waals surface area contributed by atoms with Crippen LogP contribution < -0.4 is 0 Å². The molecule has 3 rings (SSSR count). The number of aliphatic carboxylic acids is 1. The fourth-order valence-electron chi connectivity index (χ4n) is 3.49. The van der Waals surface area contributed by atoms with Crippen LogP contribution in [0.15, 0.2) is 5.38 Å². The largest absolute Gasteiger partial charge is 0.481 e. The van der Waals surface area contributed by atoms with Crippen LogP contribution in [-0.4, -0.2) is 53.2 Å². The summed E-state index contributed by atoms with van der Waals surface area (Å²) in [5.74, 6) is -0.973. The second-order valence-corrected chi connectivity index (χ2v) is 8.69. The van der Waals surface area contributed by atoms with Crippen LogP contribution in [-0.2, 0) is 26.2 Å². The molecule has 2 saturated heterocycles. The molecule has 0 spiro atoms. The van der Waals surface area contributed by atoms with Gasteiger partial charge in [-0.3, -0.25) is 9.59 Å². The van der Waals surface area contributed by atoms with E-state index in [9.17, 15) is 14.7 Å². The van der Waals surface area contributed by atoms with Crippen LogP contribution in [0.1, 0.15) is 37.9 Å². The lowest BCUT2D eigenvalue weighted by molar-refractivity contribution is -0.157. The molecule has 6 nitrogen and oxygen atoms in total. The van der Waals surface area contributed by atoms with Crippen molar-refractivity contribution in [2.75, 3.05) is 26.3 Å². The number of fused-ring (bicyclic) bond motifs is 1. The van der Waals surface area contributed by atoms with Gasteiger partial charge in [0.15, 0.2) is 0 Å². The summed E-state index contributed by atoms with van der Waals surface area (Å²) in [6.45, 7) is 7.90. The van der Waals surface area contributed by atoms with Crippen molar-refractivity contribution in [2.24, 2.45) is 11.3 Å². The summed E-state index contributed by atoms with van der Waals surface area (Å²) in [6.07, 6.45) is 0.706. The fraction of sp³-hybridized carbons (Fsp3) is 0.706. The molecular weight excluding hydrogens is 328 g/mol. The topological polar surface area (TPSA) is 79.7 Å². The zero-order chi connectivity index (χ0) is 17.5. The average Bonchev–Trinajstić information content (AvgIpc) is 3.11. The lowest BCUT2D eigenvalue weighted by atomic mass is 9.74. The van der Waals surface area contributed by atoms with Crippen LogP contribution in [0.3, 0.4) is 0 Å². The van der Waals surface area contributed by atoms with Crippen LogP contribution >= 0.6 is 11.3 Å². The molecule has 3 heterocycles. The van der Waals surface area contributed by atoms with Gasteiger partial charge in [-0.2, -0.15) is 0 Å². The number of carboxylic acids is 1. The Morgan fingerprint density at radius 3 is 2.83 bits per heavy atom. The number of thiazole rings is 1. The minimum Gasteiger partial charge on any atom is -0.481 e. The number of hydrogen-bond acceptors (Lipinski definition) is 5. The van der Waals surface area contributed by atoms with Crippen molar-refractivity contribution in [3.8, 4) is 0 Å². The standard InChI is InChI=1S/C17H24N2O4S/c1-16(2,3)14-18-12(9-24-14)6-13(20)19-7-11-8-23-5-4-17(11,10-19)15(21)22/h9,11H,4-8,10H2,1-3H3,(H,21,22)/t11-,17+/m0/s1. The molecule has 2 fully saturated rings. The summed E-state index contributed by atoms with van der Waals surface area (Å²) in [4.78, 5) is 30.7. The smallest absolute Gasteiger partial charge is 0.311 e.